The third kappa shape index (κ3) is 4.56. The molecule has 0 saturated heterocycles. The molecule has 3 N–H and O–H groups in total. The van der Waals surface area contributed by atoms with Crippen LogP contribution >= 0.6 is 15.9 Å². The zero-order chi connectivity index (χ0) is 15.2. The molecule has 0 aromatic heterocycles. The van der Waals surface area contributed by atoms with Crippen LogP contribution in [0.15, 0.2) is 46.9 Å². The molecule has 4 heteroatoms. The predicted octanol–water partition coefficient (Wildman–Crippen LogP) is 3.38. The summed E-state index contributed by atoms with van der Waals surface area (Å²) >= 11 is 3.51. The molecule has 0 radical (unpaired) electrons. The number of halogens is 1. The van der Waals surface area contributed by atoms with Crippen LogP contribution in [0.2, 0.25) is 0 Å². The van der Waals surface area contributed by atoms with Crippen molar-refractivity contribution in [3.63, 3.8) is 0 Å². The van der Waals surface area contributed by atoms with Crippen LogP contribution in [0.3, 0.4) is 0 Å². The summed E-state index contributed by atoms with van der Waals surface area (Å²) in [6, 6.07) is 14.7. The van der Waals surface area contributed by atoms with Gasteiger partial charge in [0.2, 0.25) is 0 Å². The van der Waals surface area contributed by atoms with E-state index in [0.717, 1.165) is 28.6 Å². The Morgan fingerprint density at radius 1 is 1.19 bits per heavy atom. The topological polar surface area (TPSA) is 47.3 Å². The molecular formula is C17H21BrN2O. The van der Waals surface area contributed by atoms with Gasteiger partial charge in [0.05, 0.1) is 7.11 Å². The Bertz CT molecular complexity index is 601. The standard InChI is InChI=1S/C17H21BrN2O/c1-12-4-3-5-13(8-12)9-16(20-19)11-14-10-15(18)6-7-17(14)21-2/h3-8,10,16,20H,9,11,19H2,1-2H3. The molecule has 0 saturated carbocycles. The van der Waals surface area contributed by atoms with Gasteiger partial charge in [-0.1, -0.05) is 45.8 Å². The second-order valence-electron chi connectivity index (χ2n) is 5.22. The molecule has 3 nitrogen and oxygen atoms in total. The van der Waals surface area contributed by atoms with Crippen LogP contribution in [-0.2, 0) is 12.8 Å². The van der Waals surface area contributed by atoms with Crippen LogP contribution in [0.1, 0.15) is 16.7 Å². The Morgan fingerprint density at radius 2 is 2.00 bits per heavy atom. The minimum atomic E-state index is 0.162. The van der Waals surface area contributed by atoms with Crippen molar-refractivity contribution in [3.8, 4) is 5.75 Å². The van der Waals surface area contributed by atoms with E-state index in [1.807, 2.05) is 12.1 Å². The highest BCUT2D eigenvalue weighted by molar-refractivity contribution is 9.10. The van der Waals surface area contributed by atoms with E-state index in [9.17, 15) is 0 Å². The molecule has 1 unspecified atom stereocenters. The summed E-state index contributed by atoms with van der Waals surface area (Å²) in [6.07, 6.45) is 1.70. The number of hydrazine groups is 1. The SMILES string of the molecule is COc1ccc(Br)cc1CC(Cc1cccc(C)c1)NN. The van der Waals surface area contributed by atoms with E-state index in [1.165, 1.54) is 11.1 Å². The average molecular weight is 349 g/mol. The summed E-state index contributed by atoms with van der Waals surface area (Å²) in [5.74, 6) is 6.62. The van der Waals surface area contributed by atoms with Crippen LogP contribution in [0.5, 0.6) is 5.75 Å². The molecule has 0 amide bonds. The maximum Gasteiger partial charge on any atom is 0.122 e. The van der Waals surface area contributed by atoms with Gasteiger partial charge in [-0.05, 0) is 49.1 Å². The number of hydrogen-bond donors (Lipinski definition) is 2. The molecule has 2 aromatic rings. The molecular weight excluding hydrogens is 328 g/mol. The second kappa shape index (κ2) is 7.59. The van der Waals surface area contributed by atoms with E-state index in [0.29, 0.717) is 0 Å². The lowest BCUT2D eigenvalue weighted by Gasteiger charge is -2.18. The number of methoxy groups -OCH3 is 1. The Morgan fingerprint density at radius 3 is 2.67 bits per heavy atom. The number of nitrogens with one attached hydrogen (secondary N) is 1. The fourth-order valence-corrected chi connectivity index (χ4v) is 2.89. The molecule has 0 spiro atoms. The van der Waals surface area contributed by atoms with Gasteiger partial charge >= 0.3 is 0 Å². The van der Waals surface area contributed by atoms with Crippen molar-refractivity contribution in [3.05, 3.63) is 63.6 Å². The van der Waals surface area contributed by atoms with E-state index >= 15 is 0 Å². The number of benzene rings is 2. The summed E-state index contributed by atoms with van der Waals surface area (Å²) < 4.78 is 6.47. The number of ether oxygens (including phenoxy) is 1. The van der Waals surface area contributed by atoms with E-state index in [4.69, 9.17) is 10.6 Å². The van der Waals surface area contributed by atoms with Crippen LogP contribution < -0.4 is 16.0 Å². The molecule has 21 heavy (non-hydrogen) atoms. The van der Waals surface area contributed by atoms with Gasteiger partial charge in [0.15, 0.2) is 0 Å². The van der Waals surface area contributed by atoms with Crippen LogP contribution in [0.25, 0.3) is 0 Å². The van der Waals surface area contributed by atoms with Gasteiger partial charge in [0.25, 0.3) is 0 Å². The van der Waals surface area contributed by atoms with E-state index in [-0.39, 0.29) is 6.04 Å². The maximum absolute atomic E-state index is 5.73. The zero-order valence-corrected chi connectivity index (χ0v) is 14.0. The highest BCUT2D eigenvalue weighted by Gasteiger charge is 2.13. The molecule has 1 atom stereocenters. The summed E-state index contributed by atoms with van der Waals surface area (Å²) in [4.78, 5) is 0. The number of hydrogen-bond acceptors (Lipinski definition) is 3. The Hall–Kier alpha value is -1.36. The molecule has 112 valence electrons. The lowest BCUT2D eigenvalue weighted by atomic mass is 9.98. The van der Waals surface area contributed by atoms with Crippen molar-refractivity contribution >= 4 is 15.9 Å². The van der Waals surface area contributed by atoms with Gasteiger partial charge in [-0.2, -0.15) is 0 Å². The van der Waals surface area contributed by atoms with Gasteiger partial charge in [-0.3, -0.25) is 11.3 Å². The summed E-state index contributed by atoms with van der Waals surface area (Å²) in [7, 11) is 1.69. The molecule has 2 aromatic carbocycles. The van der Waals surface area contributed by atoms with Gasteiger partial charge < -0.3 is 4.74 Å². The van der Waals surface area contributed by atoms with E-state index in [2.05, 4.69) is 58.6 Å². The number of aryl methyl sites for hydroxylation is 1. The van der Waals surface area contributed by atoms with Crippen molar-refractivity contribution in [1.82, 2.24) is 5.43 Å². The number of rotatable bonds is 6. The first-order chi connectivity index (χ1) is 10.1. The quantitative estimate of drug-likeness (QED) is 0.621. The van der Waals surface area contributed by atoms with Gasteiger partial charge in [-0.25, -0.2) is 0 Å². The van der Waals surface area contributed by atoms with Crippen LogP contribution in [-0.4, -0.2) is 13.2 Å². The maximum atomic E-state index is 5.73. The Labute approximate surface area is 134 Å². The van der Waals surface area contributed by atoms with Crippen molar-refractivity contribution in [2.24, 2.45) is 5.84 Å². The van der Waals surface area contributed by atoms with E-state index in [1.54, 1.807) is 7.11 Å². The fourth-order valence-electron chi connectivity index (χ4n) is 2.49. The van der Waals surface area contributed by atoms with Gasteiger partial charge in [0.1, 0.15) is 5.75 Å². The normalized spacial score (nSPS) is 12.2. The van der Waals surface area contributed by atoms with Gasteiger partial charge in [0, 0.05) is 10.5 Å². The lowest BCUT2D eigenvalue weighted by molar-refractivity contribution is 0.404. The van der Waals surface area contributed by atoms with Crippen molar-refractivity contribution in [2.45, 2.75) is 25.8 Å². The highest BCUT2D eigenvalue weighted by Crippen LogP contribution is 2.24. The molecule has 0 bridgehead atoms. The van der Waals surface area contributed by atoms with Crippen molar-refractivity contribution in [2.75, 3.05) is 7.11 Å². The average Bonchev–Trinajstić information content (AvgIpc) is 2.47. The minimum absolute atomic E-state index is 0.162. The molecule has 0 aliphatic carbocycles. The largest absolute Gasteiger partial charge is 0.496 e. The first kappa shape index (κ1) is 16.0. The van der Waals surface area contributed by atoms with Crippen LogP contribution in [0.4, 0.5) is 0 Å². The Kier molecular flexibility index (Phi) is 5.79. The minimum Gasteiger partial charge on any atom is -0.496 e. The zero-order valence-electron chi connectivity index (χ0n) is 12.4. The molecule has 2 rings (SSSR count). The van der Waals surface area contributed by atoms with Crippen molar-refractivity contribution in [1.29, 1.82) is 0 Å². The van der Waals surface area contributed by atoms with Crippen LogP contribution in [0, 0.1) is 6.92 Å². The monoisotopic (exact) mass is 348 g/mol. The fraction of sp³-hybridized carbons (Fsp3) is 0.294. The predicted molar refractivity (Wildman–Crippen MR) is 90.4 cm³/mol. The molecule has 0 aliphatic heterocycles. The summed E-state index contributed by atoms with van der Waals surface area (Å²) in [6.45, 7) is 2.10. The molecule has 0 fully saturated rings. The van der Waals surface area contributed by atoms with Crippen molar-refractivity contribution < 1.29 is 4.74 Å². The molecule has 0 heterocycles. The first-order valence-corrected chi connectivity index (χ1v) is 7.75. The summed E-state index contributed by atoms with van der Waals surface area (Å²) in [5, 5.41) is 0. The third-order valence-corrected chi connectivity index (χ3v) is 4.00. The second-order valence-corrected chi connectivity index (χ2v) is 6.13. The lowest BCUT2D eigenvalue weighted by Crippen LogP contribution is -2.38. The summed E-state index contributed by atoms with van der Waals surface area (Å²) in [5.41, 5.74) is 6.61. The molecule has 0 aliphatic rings. The van der Waals surface area contributed by atoms with Gasteiger partial charge in [-0.15, -0.1) is 0 Å². The first-order valence-electron chi connectivity index (χ1n) is 6.96. The highest BCUT2D eigenvalue weighted by atomic mass is 79.9. The smallest absolute Gasteiger partial charge is 0.122 e. The third-order valence-electron chi connectivity index (χ3n) is 3.51. The Balaban J connectivity index is 2.14. The number of nitrogens with two attached hydrogens (primary N) is 1. The van der Waals surface area contributed by atoms with E-state index < -0.39 is 0 Å².